The average molecular weight is 327 g/mol. The van der Waals surface area contributed by atoms with Gasteiger partial charge in [-0.15, -0.1) is 0 Å². The Labute approximate surface area is 141 Å². The zero-order valence-corrected chi connectivity index (χ0v) is 13.6. The van der Waals surface area contributed by atoms with Crippen molar-refractivity contribution in [1.82, 2.24) is 4.90 Å². The van der Waals surface area contributed by atoms with E-state index >= 15 is 0 Å². The van der Waals surface area contributed by atoms with Crippen LogP contribution in [0.2, 0.25) is 0 Å². The largest absolute Gasteiger partial charge is 0.337 e. The third-order valence-corrected chi connectivity index (χ3v) is 3.84. The number of carbonyl (C=O) groups is 1. The van der Waals surface area contributed by atoms with Gasteiger partial charge in [0.05, 0.1) is 4.92 Å². The minimum Gasteiger partial charge on any atom is -0.337 e. The normalized spacial score (nSPS) is 10.4. The maximum Gasteiger partial charge on any atom is 0.272 e. The summed E-state index contributed by atoms with van der Waals surface area (Å²) in [5.41, 5.74) is 7.70. The first-order valence-electron chi connectivity index (χ1n) is 7.81. The fourth-order valence-electron chi connectivity index (χ4n) is 2.56. The lowest BCUT2D eigenvalue weighted by molar-refractivity contribution is -0.385. The van der Waals surface area contributed by atoms with Crippen LogP contribution in [0.1, 0.15) is 21.5 Å². The fourth-order valence-corrected chi connectivity index (χ4v) is 2.56. The van der Waals surface area contributed by atoms with Crippen LogP contribution in [0, 0.1) is 17.0 Å². The molecular formula is C18H21N3O3. The van der Waals surface area contributed by atoms with Crippen molar-refractivity contribution in [1.29, 1.82) is 0 Å². The maximum atomic E-state index is 12.7. The van der Waals surface area contributed by atoms with Gasteiger partial charge in [-0.3, -0.25) is 14.9 Å². The summed E-state index contributed by atoms with van der Waals surface area (Å²) in [6, 6.07) is 14.3. The minimum absolute atomic E-state index is 0.0150. The van der Waals surface area contributed by atoms with E-state index in [1.54, 1.807) is 17.9 Å². The van der Waals surface area contributed by atoms with Crippen LogP contribution in [0.25, 0.3) is 0 Å². The van der Waals surface area contributed by atoms with Gasteiger partial charge in [-0.1, -0.05) is 30.3 Å². The molecule has 0 aliphatic rings. The van der Waals surface area contributed by atoms with Crippen molar-refractivity contribution in [3.63, 3.8) is 0 Å². The number of rotatable bonds is 7. The van der Waals surface area contributed by atoms with Crippen LogP contribution in [0.4, 0.5) is 5.69 Å². The molecule has 1 amide bonds. The topological polar surface area (TPSA) is 89.5 Å². The lowest BCUT2D eigenvalue weighted by Gasteiger charge is -2.22. The molecule has 0 heterocycles. The van der Waals surface area contributed by atoms with Gasteiger partial charge in [-0.25, -0.2) is 0 Å². The second-order valence-corrected chi connectivity index (χ2v) is 5.57. The first-order valence-corrected chi connectivity index (χ1v) is 7.81. The molecule has 2 aromatic carbocycles. The highest BCUT2D eigenvalue weighted by atomic mass is 16.6. The number of carbonyl (C=O) groups excluding carboxylic acids is 1. The number of nitrogens with two attached hydrogens (primary N) is 1. The molecule has 0 aliphatic carbocycles. The van der Waals surface area contributed by atoms with Crippen molar-refractivity contribution in [2.75, 3.05) is 19.6 Å². The Morgan fingerprint density at radius 2 is 1.88 bits per heavy atom. The van der Waals surface area contributed by atoms with Gasteiger partial charge in [0.1, 0.15) is 0 Å². The number of benzene rings is 2. The average Bonchev–Trinajstić information content (AvgIpc) is 2.58. The molecule has 24 heavy (non-hydrogen) atoms. The molecule has 0 radical (unpaired) electrons. The van der Waals surface area contributed by atoms with Crippen LogP contribution in [-0.2, 0) is 6.42 Å². The molecule has 2 aromatic rings. The number of hydrogen-bond donors (Lipinski definition) is 1. The molecule has 0 unspecified atom stereocenters. The number of nitro benzene ring substituents is 1. The van der Waals surface area contributed by atoms with Crippen molar-refractivity contribution >= 4 is 11.6 Å². The Morgan fingerprint density at radius 1 is 1.17 bits per heavy atom. The van der Waals surface area contributed by atoms with Crippen molar-refractivity contribution in [2.24, 2.45) is 5.73 Å². The van der Waals surface area contributed by atoms with Gasteiger partial charge in [-0.05, 0) is 31.0 Å². The molecule has 2 rings (SSSR count). The highest BCUT2D eigenvalue weighted by Crippen LogP contribution is 2.19. The molecule has 0 aliphatic heterocycles. The summed E-state index contributed by atoms with van der Waals surface area (Å²) >= 11 is 0. The number of amides is 1. The number of hydrogen-bond acceptors (Lipinski definition) is 4. The van der Waals surface area contributed by atoms with Crippen molar-refractivity contribution < 1.29 is 9.72 Å². The van der Waals surface area contributed by atoms with Gasteiger partial charge < -0.3 is 10.6 Å². The van der Waals surface area contributed by atoms with E-state index in [0.717, 1.165) is 12.0 Å². The molecule has 2 N–H and O–H groups in total. The third kappa shape index (κ3) is 4.39. The van der Waals surface area contributed by atoms with Crippen molar-refractivity contribution in [3.8, 4) is 0 Å². The van der Waals surface area contributed by atoms with Crippen LogP contribution < -0.4 is 5.73 Å². The summed E-state index contributed by atoms with van der Waals surface area (Å²) in [7, 11) is 0. The Kier molecular flexibility index (Phi) is 6.03. The Balaban J connectivity index is 2.13. The van der Waals surface area contributed by atoms with E-state index in [1.165, 1.54) is 12.1 Å². The quantitative estimate of drug-likeness (QED) is 0.625. The summed E-state index contributed by atoms with van der Waals surface area (Å²) < 4.78 is 0. The first kappa shape index (κ1) is 17.6. The third-order valence-electron chi connectivity index (χ3n) is 3.84. The van der Waals surface area contributed by atoms with E-state index in [9.17, 15) is 14.9 Å². The van der Waals surface area contributed by atoms with Crippen molar-refractivity contribution in [2.45, 2.75) is 13.3 Å². The molecule has 126 valence electrons. The van der Waals surface area contributed by atoms with Crippen LogP contribution in [0.15, 0.2) is 48.5 Å². The molecule has 0 aromatic heterocycles. The first-order chi connectivity index (χ1) is 11.5. The standard InChI is InChI=1S/C18H21N3O3/c1-14-13-16(7-8-17(14)21(23)24)18(22)20(12-10-19)11-9-15-5-3-2-4-6-15/h2-8,13H,9-12,19H2,1H3. The predicted molar refractivity (Wildman–Crippen MR) is 92.9 cm³/mol. The van der Waals surface area contributed by atoms with Crippen LogP contribution in [-0.4, -0.2) is 35.4 Å². The van der Waals surface area contributed by atoms with Gasteiger partial charge in [0, 0.05) is 36.8 Å². The maximum absolute atomic E-state index is 12.7. The smallest absolute Gasteiger partial charge is 0.272 e. The van der Waals surface area contributed by atoms with Crippen LogP contribution >= 0.6 is 0 Å². The van der Waals surface area contributed by atoms with E-state index in [-0.39, 0.29) is 11.6 Å². The molecular weight excluding hydrogens is 306 g/mol. The molecule has 0 atom stereocenters. The summed E-state index contributed by atoms with van der Waals surface area (Å²) in [5.74, 6) is -0.158. The van der Waals surface area contributed by atoms with Crippen molar-refractivity contribution in [3.05, 3.63) is 75.3 Å². The number of nitrogens with zero attached hydrogens (tertiary/aromatic N) is 2. The van der Waals surface area contributed by atoms with E-state index in [1.807, 2.05) is 30.3 Å². The Bertz CT molecular complexity index is 717. The number of aryl methyl sites for hydroxylation is 1. The van der Waals surface area contributed by atoms with E-state index in [2.05, 4.69) is 0 Å². The van der Waals surface area contributed by atoms with E-state index in [4.69, 9.17) is 5.73 Å². The Hall–Kier alpha value is -2.73. The zero-order chi connectivity index (χ0) is 17.5. The zero-order valence-electron chi connectivity index (χ0n) is 13.6. The molecule has 0 spiro atoms. The molecule has 6 nitrogen and oxygen atoms in total. The summed E-state index contributed by atoms with van der Waals surface area (Å²) in [4.78, 5) is 24.8. The predicted octanol–water partition coefficient (Wildman–Crippen LogP) is 2.55. The van der Waals surface area contributed by atoms with Gasteiger partial charge in [0.25, 0.3) is 11.6 Å². The second kappa shape index (κ2) is 8.21. The molecule has 0 saturated carbocycles. The van der Waals surface area contributed by atoms with Gasteiger partial charge >= 0.3 is 0 Å². The molecule has 0 fully saturated rings. The van der Waals surface area contributed by atoms with Crippen LogP contribution in [0.5, 0.6) is 0 Å². The Morgan fingerprint density at radius 3 is 2.46 bits per heavy atom. The monoisotopic (exact) mass is 327 g/mol. The SMILES string of the molecule is Cc1cc(C(=O)N(CCN)CCc2ccccc2)ccc1[N+](=O)[O-]. The van der Waals surface area contributed by atoms with Gasteiger partial charge in [0.15, 0.2) is 0 Å². The minimum atomic E-state index is -0.448. The van der Waals surface area contributed by atoms with E-state index in [0.29, 0.717) is 30.8 Å². The number of nitro groups is 1. The lowest BCUT2D eigenvalue weighted by atomic mass is 10.1. The molecule has 6 heteroatoms. The highest BCUT2D eigenvalue weighted by molar-refractivity contribution is 5.94. The second-order valence-electron chi connectivity index (χ2n) is 5.57. The highest BCUT2D eigenvalue weighted by Gasteiger charge is 2.18. The van der Waals surface area contributed by atoms with E-state index < -0.39 is 4.92 Å². The molecule has 0 saturated heterocycles. The van der Waals surface area contributed by atoms with Crippen LogP contribution in [0.3, 0.4) is 0 Å². The molecule has 0 bridgehead atoms. The lowest BCUT2D eigenvalue weighted by Crippen LogP contribution is -2.37. The summed E-state index contributed by atoms with van der Waals surface area (Å²) in [5, 5.41) is 10.9. The summed E-state index contributed by atoms with van der Waals surface area (Å²) in [6.45, 7) is 3.00. The fraction of sp³-hybridized carbons (Fsp3) is 0.278. The van der Waals surface area contributed by atoms with Gasteiger partial charge in [0.2, 0.25) is 0 Å². The summed E-state index contributed by atoms with van der Waals surface area (Å²) in [6.07, 6.45) is 0.735. The van der Waals surface area contributed by atoms with Gasteiger partial charge in [-0.2, -0.15) is 0 Å².